The molecule has 4 nitrogen and oxygen atoms in total. The molecule has 0 amide bonds. The minimum Gasteiger partial charge on any atom is -0.394 e. The summed E-state index contributed by atoms with van der Waals surface area (Å²) in [6.07, 6.45) is -2.81. The molecular formula is C6H12O4. The maximum atomic E-state index is 9.09. The summed E-state index contributed by atoms with van der Waals surface area (Å²) in [6, 6.07) is 0. The molecular weight excluding hydrogens is 136 g/mol. The van der Waals surface area contributed by atoms with E-state index in [1.165, 1.54) is 0 Å². The predicted octanol–water partition coefficient (Wildman–Crippen LogP) is -1.51. The summed E-state index contributed by atoms with van der Waals surface area (Å²) >= 11 is 0. The van der Waals surface area contributed by atoms with Crippen molar-refractivity contribution >= 4 is 0 Å². The average molecular weight is 148 g/mol. The van der Waals surface area contributed by atoms with E-state index in [1.54, 1.807) is 6.92 Å². The van der Waals surface area contributed by atoms with Gasteiger partial charge in [0.05, 0.1) is 12.7 Å². The lowest BCUT2D eigenvalue weighted by molar-refractivity contribution is -0.0171. The van der Waals surface area contributed by atoms with Gasteiger partial charge in [0, 0.05) is 0 Å². The van der Waals surface area contributed by atoms with E-state index in [0.717, 1.165) is 0 Å². The Morgan fingerprint density at radius 1 is 1.30 bits per heavy atom. The summed E-state index contributed by atoms with van der Waals surface area (Å²) in [5, 5.41) is 26.8. The number of ether oxygens (including phenoxy) is 1. The van der Waals surface area contributed by atoms with Crippen LogP contribution in [0.4, 0.5) is 0 Å². The molecule has 0 bridgehead atoms. The van der Waals surface area contributed by atoms with Crippen LogP contribution in [-0.2, 0) is 4.74 Å². The molecule has 10 heavy (non-hydrogen) atoms. The van der Waals surface area contributed by atoms with Crippen LogP contribution in [0.3, 0.4) is 0 Å². The van der Waals surface area contributed by atoms with Gasteiger partial charge in [0.15, 0.2) is 0 Å². The molecule has 2 unspecified atom stereocenters. The highest BCUT2D eigenvalue weighted by atomic mass is 16.5. The van der Waals surface area contributed by atoms with Crippen molar-refractivity contribution in [1.82, 2.24) is 0 Å². The Morgan fingerprint density at radius 2 is 1.90 bits per heavy atom. The zero-order valence-electron chi connectivity index (χ0n) is 5.77. The van der Waals surface area contributed by atoms with E-state index in [9.17, 15) is 0 Å². The molecule has 0 aromatic rings. The third-order valence-electron chi connectivity index (χ3n) is 1.78. The molecule has 0 aromatic heterocycles. The molecule has 60 valence electrons. The van der Waals surface area contributed by atoms with Crippen LogP contribution >= 0.6 is 0 Å². The first kappa shape index (κ1) is 7.94. The third kappa shape index (κ3) is 1.15. The maximum absolute atomic E-state index is 9.09. The van der Waals surface area contributed by atoms with Crippen LogP contribution in [0.2, 0.25) is 0 Å². The lowest BCUT2D eigenvalue weighted by Crippen LogP contribution is -2.33. The molecule has 1 aliphatic rings. The topological polar surface area (TPSA) is 69.9 Å². The van der Waals surface area contributed by atoms with Gasteiger partial charge in [-0.2, -0.15) is 0 Å². The van der Waals surface area contributed by atoms with Gasteiger partial charge in [-0.05, 0) is 6.92 Å². The van der Waals surface area contributed by atoms with E-state index < -0.39 is 18.3 Å². The van der Waals surface area contributed by atoms with E-state index >= 15 is 0 Å². The van der Waals surface area contributed by atoms with Crippen LogP contribution < -0.4 is 0 Å². The minimum atomic E-state index is -0.944. The van der Waals surface area contributed by atoms with Gasteiger partial charge in [0.2, 0.25) is 0 Å². The number of hydrogen-bond donors (Lipinski definition) is 3. The predicted molar refractivity (Wildman–Crippen MR) is 33.4 cm³/mol. The van der Waals surface area contributed by atoms with Crippen LogP contribution in [0.25, 0.3) is 0 Å². The molecule has 0 aliphatic carbocycles. The highest BCUT2D eigenvalue weighted by Crippen LogP contribution is 2.19. The van der Waals surface area contributed by atoms with Crippen LogP contribution in [0.1, 0.15) is 6.92 Å². The molecule has 1 saturated heterocycles. The van der Waals surface area contributed by atoms with Crippen LogP contribution in [0, 0.1) is 0 Å². The molecule has 0 saturated carbocycles. The summed E-state index contributed by atoms with van der Waals surface area (Å²) in [6.45, 7) is 1.41. The van der Waals surface area contributed by atoms with Gasteiger partial charge in [-0.25, -0.2) is 0 Å². The fourth-order valence-electron chi connectivity index (χ4n) is 1.09. The largest absolute Gasteiger partial charge is 0.394 e. The lowest BCUT2D eigenvalue weighted by atomic mass is 10.1. The van der Waals surface area contributed by atoms with E-state index in [4.69, 9.17) is 20.1 Å². The maximum Gasteiger partial charge on any atom is 0.111 e. The van der Waals surface area contributed by atoms with Crippen molar-refractivity contribution in [3.63, 3.8) is 0 Å². The lowest BCUT2D eigenvalue weighted by Gasteiger charge is -2.10. The van der Waals surface area contributed by atoms with Crippen molar-refractivity contribution in [3.8, 4) is 0 Å². The fraction of sp³-hybridized carbons (Fsp3) is 1.00. The molecule has 1 rings (SSSR count). The minimum absolute atomic E-state index is 0.247. The van der Waals surface area contributed by atoms with Crippen molar-refractivity contribution in [2.75, 3.05) is 6.61 Å². The van der Waals surface area contributed by atoms with Crippen LogP contribution in [0.5, 0.6) is 0 Å². The Hall–Kier alpha value is -0.160. The summed E-state index contributed by atoms with van der Waals surface area (Å²) in [5.41, 5.74) is 0. The third-order valence-corrected chi connectivity index (χ3v) is 1.78. The second-order valence-electron chi connectivity index (χ2n) is 2.54. The molecule has 4 atom stereocenters. The Kier molecular flexibility index (Phi) is 2.25. The molecule has 4 heteroatoms. The molecule has 3 N–H and O–H groups in total. The number of hydrogen-bond acceptors (Lipinski definition) is 4. The Bertz CT molecular complexity index is 116. The standard InChI is InChI=1S/C6H12O4/c1-3-5(8)6(9)4(2-7)10-3/h3-9H,2H2,1H3/t3?,4?,5-,6-/m0/s1. The van der Waals surface area contributed by atoms with Crippen molar-refractivity contribution in [3.05, 3.63) is 0 Å². The normalized spacial score (nSPS) is 48.0. The molecule has 1 aliphatic heterocycles. The summed E-state index contributed by atoms with van der Waals surface area (Å²) in [4.78, 5) is 0. The van der Waals surface area contributed by atoms with Crippen molar-refractivity contribution in [1.29, 1.82) is 0 Å². The monoisotopic (exact) mass is 148 g/mol. The Labute approximate surface area is 59.1 Å². The van der Waals surface area contributed by atoms with Crippen molar-refractivity contribution in [2.45, 2.75) is 31.3 Å². The highest BCUT2D eigenvalue weighted by Gasteiger charge is 2.39. The molecule has 0 radical (unpaired) electrons. The summed E-state index contributed by atoms with van der Waals surface area (Å²) in [5.74, 6) is 0. The number of aliphatic hydroxyl groups excluding tert-OH is 3. The van der Waals surface area contributed by atoms with Crippen molar-refractivity contribution in [2.24, 2.45) is 0 Å². The van der Waals surface area contributed by atoms with Crippen LogP contribution in [-0.4, -0.2) is 46.3 Å². The first-order chi connectivity index (χ1) is 4.66. The first-order valence-corrected chi connectivity index (χ1v) is 3.29. The number of rotatable bonds is 1. The quantitative estimate of drug-likeness (QED) is 0.422. The number of aliphatic hydroxyl groups is 3. The van der Waals surface area contributed by atoms with Gasteiger partial charge in [0.25, 0.3) is 0 Å². The second kappa shape index (κ2) is 2.84. The fourth-order valence-corrected chi connectivity index (χ4v) is 1.09. The second-order valence-corrected chi connectivity index (χ2v) is 2.54. The van der Waals surface area contributed by atoms with Gasteiger partial charge < -0.3 is 20.1 Å². The Morgan fingerprint density at radius 3 is 2.10 bits per heavy atom. The van der Waals surface area contributed by atoms with E-state index in [0.29, 0.717) is 0 Å². The van der Waals surface area contributed by atoms with Gasteiger partial charge >= 0.3 is 0 Å². The van der Waals surface area contributed by atoms with E-state index in [-0.39, 0.29) is 12.7 Å². The molecule has 1 fully saturated rings. The summed E-state index contributed by atoms with van der Waals surface area (Å²) < 4.78 is 4.98. The van der Waals surface area contributed by atoms with Crippen molar-refractivity contribution < 1.29 is 20.1 Å². The van der Waals surface area contributed by atoms with Gasteiger partial charge in [-0.15, -0.1) is 0 Å². The van der Waals surface area contributed by atoms with E-state index in [2.05, 4.69) is 0 Å². The molecule has 0 spiro atoms. The van der Waals surface area contributed by atoms with E-state index in [1.807, 2.05) is 0 Å². The SMILES string of the molecule is CC1OC(CO)[C@H](O)[C@H]1O. The average Bonchev–Trinajstić information content (AvgIpc) is 2.17. The molecule has 1 heterocycles. The van der Waals surface area contributed by atoms with Gasteiger partial charge in [-0.3, -0.25) is 0 Å². The summed E-state index contributed by atoms with van der Waals surface area (Å²) in [7, 11) is 0. The van der Waals surface area contributed by atoms with Gasteiger partial charge in [-0.1, -0.05) is 0 Å². The smallest absolute Gasteiger partial charge is 0.111 e. The Balaban J connectivity index is 2.53. The van der Waals surface area contributed by atoms with Crippen LogP contribution in [0.15, 0.2) is 0 Å². The first-order valence-electron chi connectivity index (χ1n) is 3.29. The highest BCUT2D eigenvalue weighted by molar-refractivity contribution is 4.87. The molecule has 0 aromatic carbocycles. The zero-order chi connectivity index (χ0) is 7.72. The zero-order valence-corrected chi connectivity index (χ0v) is 5.77. The van der Waals surface area contributed by atoms with Gasteiger partial charge in [0.1, 0.15) is 18.3 Å².